The molecule has 0 spiro atoms. The molecule has 1 aliphatic heterocycles. The van der Waals surface area contributed by atoms with Crippen LogP contribution in [0.4, 0.5) is 0 Å². The lowest BCUT2D eigenvalue weighted by Crippen LogP contribution is -2.49. The van der Waals surface area contributed by atoms with Crippen molar-refractivity contribution in [1.29, 1.82) is 0 Å². The van der Waals surface area contributed by atoms with Gasteiger partial charge in [0.15, 0.2) is 0 Å². The van der Waals surface area contributed by atoms with Crippen molar-refractivity contribution >= 4 is 23.2 Å². The first-order valence-electron chi connectivity index (χ1n) is 8.17. The van der Waals surface area contributed by atoms with Crippen molar-refractivity contribution in [2.75, 3.05) is 13.9 Å². The lowest BCUT2D eigenvalue weighted by atomic mass is 9.77. The highest BCUT2D eigenvalue weighted by Crippen LogP contribution is 2.44. The van der Waals surface area contributed by atoms with Gasteiger partial charge < -0.3 is 14.2 Å². The summed E-state index contributed by atoms with van der Waals surface area (Å²) in [5, 5.41) is -0.336. The van der Waals surface area contributed by atoms with Crippen LogP contribution in [0.1, 0.15) is 30.1 Å². The van der Waals surface area contributed by atoms with E-state index in [4.69, 9.17) is 37.4 Å². The van der Waals surface area contributed by atoms with Gasteiger partial charge in [0.2, 0.25) is 0 Å². The second kappa shape index (κ2) is 7.96. The standard InChI is InChI=1S/C20H21Cl2O3/c1-20(22)18(21)11-10-16(19(20)25-13-23-2)14-7-3-4-8-15(14)17-9-5-6-12-24-17/h3-7,9-12,16-19H,13H2,1-2H3/t16?,17?,18-,19?,20+/m0/s1. The van der Waals surface area contributed by atoms with Crippen LogP contribution in [-0.4, -0.2) is 30.3 Å². The molecule has 5 atom stereocenters. The van der Waals surface area contributed by atoms with E-state index in [1.165, 1.54) is 0 Å². The maximum atomic E-state index is 6.78. The van der Waals surface area contributed by atoms with E-state index in [9.17, 15) is 0 Å². The fourth-order valence-electron chi connectivity index (χ4n) is 3.24. The number of methoxy groups -OCH3 is 1. The summed E-state index contributed by atoms with van der Waals surface area (Å²) in [7, 11) is 1.59. The molecule has 1 heterocycles. The minimum atomic E-state index is -0.768. The van der Waals surface area contributed by atoms with E-state index in [0.29, 0.717) is 0 Å². The third kappa shape index (κ3) is 3.80. The minimum absolute atomic E-state index is 0.0805. The molecule has 5 heteroatoms. The molecule has 3 unspecified atom stereocenters. The topological polar surface area (TPSA) is 27.7 Å². The van der Waals surface area contributed by atoms with Crippen molar-refractivity contribution in [3.8, 4) is 0 Å². The van der Waals surface area contributed by atoms with Crippen LogP contribution in [0, 0.1) is 6.07 Å². The van der Waals surface area contributed by atoms with E-state index in [2.05, 4.69) is 18.2 Å². The van der Waals surface area contributed by atoms with Gasteiger partial charge in [-0.25, -0.2) is 0 Å². The van der Waals surface area contributed by atoms with Crippen LogP contribution in [0.5, 0.6) is 0 Å². The highest BCUT2D eigenvalue weighted by molar-refractivity contribution is 6.33. The van der Waals surface area contributed by atoms with Crippen molar-refractivity contribution in [3.63, 3.8) is 0 Å². The first-order valence-corrected chi connectivity index (χ1v) is 8.98. The molecular formula is C20H21Cl2O3. The number of alkyl halides is 2. The zero-order valence-electron chi connectivity index (χ0n) is 14.2. The van der Waals surface area contributed by atoms with Crippen molar-refractivity contribution in [3.05, 3.63) is 72.0 Å². The van der Waals surface area contributed by atoms with Crippen molar-refractivity contribution in [2.45, 2.75) is 35.3 Å². The van der Waals surface area contributed by atoms with Gasteiger partial charge in [-0.2, -0.15) is 0 Å². The number of hydrogen-bond donors (Lipinski definition) is 0. The van der Waals surface area contributed by atoms with E-state index in [1.807, 2.05) is 43.4 Å². The zero-order chi connectivity index (χ0) is 17.9. The molecule has 1 aliphatic carbocycles. The first-order chi connectivity index (χ1) is 12.1. The SMILES string of the molecule is COCOC1C(c2ccc[c]c2C2C=CC=CO2)C=C[C@H](Cl)[C@@]1(C)Cl. The van der Waals surface area contributed by atoms with Gasteiger partial charge in [-0.05, 0) is 30.7 Å². The Morgan fingerprint density at radius 1 is 1.28 bits per heavy atom. The Kier molecular flexibility index (Phi) is 5.90. The summed E-state index contributed by atoms with van der Waals surface area (Å²) < 4.78 is 16.8. The van der Waals surface area contributed by atoms with Gasteiger partial charge in [-0.3, -0.25) is 0 Å². The van der Waals surface area contributed by atoms with Crippen LogP contribution in [0.2, 0.25) is 0 Å². The fraction of sp³-hybridized carbons (Fsp3) is 0.400. The number of allylic oxidation sites excluding steroid dienone is 3. The number of rotatable bonds is 5. The van der Waals surface area contributed by atoms with Gasteiger partial charge in [0.25, 0.3) is 0 Å². The van der Waals surface area contributed by atoms with Gasteiger partial charge in [-0.15, -0.1) is 23.2 Å². The molecule has 0 bridgehead atoms. The zero-order valence-corrected chi connectivity index (χ0v) is 15.7. The summed E-state index contributed by atoms with van der Waals surface area (Å²) in [6.45, 7) is 2.05. The van der Waals surface area contributed by atoms with Crippen LogP contribution in [0.3, 0.4) is 0 Å². The third-order valence-electron chi connectivity index (χ3n) is 4.54. The molecule has 0 aromatic heterocycles. The first kappa shape index (κ1) is 18.5. The Bertz CT molecular complexity index is 681. The van der Waals surface area contributed by atoms with Gasteiger partial charge in [-0.1, -0.05) is 36.4 Å². The summed E-state index contributed by atoms with van der Waals surface area (Å²) in [6, 6.07) is 9.21. The summed E-state index contributed by atoms with van der Waals surface area (Å²) in [5.74, 6) is -0.0805. The Hall–Kier alpha value is -1.26. The molecule has 0 fully saturated rings. The molecule has 1 aromatic rings. The Morgan fingerprint density at radius 3 is 2.84 bits per heavy atom. The number of hydrogen-bond acceptors (Lipinski definition) is 3. The Morgan fingerprint density at radius 2 is 2.12 bits per heavy atom. The van der Waals surface area contributed by atoms with Gasteiger partial charge in [0.1, 0.15) is 12.9 Å². The highest BCUT2D eigenvalue weighted by Gasteiger charge is 2.46. The molecule has 2 aliphatic rings. The maximum absolute atomic E-state index is 6.78. The van der Waals surface area contributed by atoms with E-state index in [0.717, 1.165) is 11.1 Å². The van der Waals surface area contributed by atoms with E-state index in [-0.39, 0.29) is 30.3 Å². The number of benzene rings is 1. The predicted molar refractivity (Wildman–Crippen MR) is 99.9 cm³/mol. The number of halogens is 2. The molecule has 1 radical (unpaired) electrons. The Labute approximate surface area is 158 Å². The second-order valence-electron chi connectivity index (χ2n) is 6.27. The van der Waals surface area contributed by atoms with Crippen molar-refractivity contribution in [1.82, 2.24) is 0 Å². The van der Waals surface area contributed by atoms with Crippen molar-refractivity contribution < 1.29 is 14.2 Å². The summed E-state index contributed by atoms with van der Waals surface area (Å²) in [5.41, 5.74) is 2.02. The molecule has 0 N–H and O–H groups in total. The fourth-order valence-corrected chi connectivity index (χ4v) is 3.72. The molecule has 1 aromatic carbocycles. The van der Waals surface area contributed by atoms with Crippen LogP contribution in [0.25, 0.3) is 0 Å². The van der Waals surface area contributed by atoms with E-state index >= 15 is 0 Å². The average Bonchev–Trinajstić information content (AvgIpc) is 2.64. The smallest absolute Gasteiger partial charge is 0.146 e. The summed E-state index contributed by atoms with van der Waals surface area (Å²) >= 11 is 13.2. The second-order valence-corrected chi connectivity index (χ2v) is 7.55. The predicted octanol–water partition coefficient (Wildman–Crippen LogP) is 4.88. The van der Waals surface area contributed by atoms with E-state index in [1.54, 1.807) is 13.4 Å². The average molecular weight is 380 g/mol. The molecule has 0 saturated carbocycles. The lowest BCUT2D eigenvalue weighted by Gasteiger charge is -2.42. The lowest BCUT2D eigenvalue weighted by molar-refractivity contribution is -0.0893. The summed E-state index contributed by atoms with van der Waals surface area (Å²) in [6.07, 6.45) is 11.0. The molecule has 3 rings (SSSR count). The normalized spacial score (nSPS) is 34.1. The van der Waals surface area contributed by atoms with E-state index < -0.39 is 4.87 Å². The van der Waals surface area contributed by atoms with Crippen LogP contribution in [0.15, 0.2) is 54.8 Å². The monoisotopic (exact) mass is 379 g/mol. The molecule has 0 amide bonds. The van der Waals surface area contributed by atoms with Gasteiger partial charge in [0.05, 0.1) is 22.6 Å². The quantitative estimate of drug-likeness (QED) is 0.414. The van der Waals surface area contributed by atoms with Crippen LogP contribution >= 0.6 is 23.2 Å². The van der Waals surface area contributed by atoms with Crippen LogP contribution in [-0.2, 0) is 14.2 Å². The molecule has 3 nitrogen and oxygen atoms in total. The largest absolute Gasteiger partial charge is 0.489 e. The number of ether oxygens (including phenoxy) is 3. The highest BCUT2D eigenvalue weighted by atomic mass is 35.5. The maximum Gasteiger partial charge on any atom is 0.146 e. The van der Waals surface area contributed by atoms with Gasteiger partial charge in [0, 0.05) is 18.6 Å². The molecule has 133 valence electrons. The molecule has 0 saturated heterocycles. The summed E-state index contributed by atoms with van der Waals surface area (Å²) in [4.78, 5) is -0.768. The minimum Gasteiger partial charge on any atom is -0.489 e. The van der Waals surface area contributed by atoms with Crippen molar-refractivity contribution in [2.24, 2.45) is 0 Å². The third-order valence-corrected chi connectivity index (χ3v) is 5.70. The van der Waals surface area contributed by atoms with Crippen LogP contribution < -0.4 is 0 Å². The molecular weight excluding hydrogens is 359 g/mol. The Balaban J connectivity index is 2.00. The molecule has 25 heavy (non-hydrogen) atoms. The van der Waals surface area contributed by atoms with Gasteiger partial charge >= 0.3 is 0 Å².